The molecule has 17 heavy (non-hydrogen) atoms. The number of hydrogen-bond acceptors (Lipinski definition) is 4. The summed E-state index contributed by atoms with van der Waals surface area (Å²) in [5, 5.41) is 21.4. The van der Waals surface area contributed by atoms with Crippen molar-refractivity contribution in [2.45, 2.75) is 19.3 Å². The zero-order chi connectivity index (χ0) is 12.4. The lowest BCUT2D eigenvalue weighted by Crippen LogP contribution is -1.95. The van der Waals surface area contributed by atoms with E-state index in [2.05, 4.69) is 0 Å². The fourth-order valence-electron chi connectivity index (χ4n) is 1.92. The molecule has 6 nitrogen and oxygen atoms in total. The molecule has 0 radical (unpaired) electrons. The molecule has 0 aromatic heterocycles. The van der Waals surface area contributed by atoms with Gasteiger partial charge in [0.25, 0.3) is 11.4 Å². The van der Waals surface area contributed by atoms with Gasteiger partial charge in [0, 0.05) is 12.1 Å². The molecule has 0 spiro atoms. The maximum absolute atomic E-state index is 10.7. The van der Waals surface area contributed by atoms with Gasteiger partial charge in [0.1, 0.15) is 0 Å². The Bertz CT molecular complexity index is 490. The van der Waals surface area contributed by atoms with Crippen LogP contribution in [0.1, 0.15) is 24.8 Å². The van der Waals surface area contributed by atoms with Crippen molar-refractivity contribution in [1.29, 1.82) is 0 Å². The number of nitro groups is 2. The van der Waals surface area contributed by atoms with E-state index in [0.717, 1.165) is 30.9 Å². The summed E-state index contributed by atoms with van der Waals surface area (Å²) in [5.74, 6) is 0. The Morgan fingerprint density at radius 3 is 2.00 bits per heavy atom. The number of hydrogen-bond donors (Lipinski definition) is 0. The van der Waals surface area contributed by atoms with Gasteiger partial charge in [-0.15, -0.1) is 0 Å². The van der Waals surface area contributed by atoms with Crippen molar-refractivity contribution in [3.8, 4) is 0 Å². The predicted molar refractivity (Wildman–Crippen MR) is 61.6 cm³/mol. The monoisotopic (exact) mass is 234 g/mol. The van der Waals surface area contributed by atoms with Crippen LogP contribution in [-0.2, 0) is 0 Å². The summed E-state index contributed by atoms with van der Waals surface area (Å²) in [6.07, 6.45) is 4.71. The lowest BCUT2D eigenvalue weighted by Gasteiger charge is -2.02. The molecule has 1 aromatic carbocycles. The van der Waals surface area contributed by atoms with Crippen molar-refractivity contribution < 1.29 is 9.85 Å². The molecule has 6 heteroatoms. The molecular formula is C11H10N2O4. The third-order valence-corrected chi connectivity index (χ3v) is 2.74. The Kier molecular flexibility index (Phi) is 2.86. The van der Waals surface area contributed by atoms with E-state index >= 15 is 0 Å². The number of nitro benzene ring substituents is 2. The molecule has 0 N–H and O–H groups in total. The van der Waals surface area contributed by atoms with Crippen molar-refractivity contribution in [3.05, 3.63) is 50.1 Å². The highest BCUT2D eigenvalue weighted by Gasteiger charge is 2.18. The van der Waals surface area contributed by atoms with Crippen molar-refractivity contribution in [2.24, 2.45) is 0 Å². The highest BCUT2D eigenvalue weighted by atomic mass is 16.6. The molecule has 1 aliphatic rings. The minimum atomic E-state index is -0.605. The van der Waals surface area contributed by atoms with Crippen LogP contribution >= 0.6 is 0 Å². The quantitative estimate of drug-likeness (QED) is 0.594. The first-order valence-corrected chi connectivity index (χ1v) is 5.21. The van der Waals surface area contributed by atoms with Gasteiger partial charge in [-0.3, -0.25) is 20.2 Å². The summed E-state index contributed by atoms with van der Waals surface area (Å²) >= 11 is 0. The van der Waals surface area contributed by atoms with Crippen molar-refractivity contribution in [2.75, 3.05) is 0 Å². The van der Waals surface area contributed by atoms with Crippen molar-refractivity contribution in [1.82, 2.24) is 0 Å². The van der Waals surface area contributed by atoms with Crippen molar-refractivity contribution >= 4 is 16.9 Å². The largest absolute Gasteiger partial charge is 0.276 e. The molecule has 0 fully saturated rings. The molecule has 88 valence electrons. The summed E-state index contributed by atoms with van der Waals surface area (Å²) in [6, 6.07) is 3.77. The fraction of sp³-hybridized carbons (Fsp3) is 0.273. The minimum absolute atomic E-state index is 0.234. The topological polar surface area (TPSA) is 86.3 Å². The lowest BCUT2D eigenvalue weighted by atomic mass is 10.0. The predicted octanol–water partition coefficient (Wildman–Crippen LogP) is 3.07. The summed E-state index contributed by atoms with van der Waals surface area (Å²) < 4.78 is 0. The Morgan fingerprint density at radius 1 is 1.00 bits per heavy atom. The first kappa shape index (κ1) is 11.3. The Balaban J connectivity index is 2.51. The average Bonchev–Trinajstić information content (AvgIpc) is 2.81. The van der Waals surface area contributed by atoms with Crippen LogP contribution in [0.5, 0.6) is 0 Å². The van der Waals surface area contributed by atoms with Gasteiger partial charge < -0.3 is 0 Å². The van der Waals surface area contributed by atoms with E-state index in [0.29, 0.717) is 5.56 Å². The minimum Gasteiger partial charge on any atom is -0.258 e. The van der Waals surface area contributed by atoms with Crippen LogP contribution in [0.2, 0.25) is 0 Å². The second-order valence-electron chi connectivity index (χ2n) is 3.87. The standard InChI is InChI=1S/C11H10N2O4/c14-12(15)10-5-9(8-3-1-2-4-8)6-11(7-10)13(16)17/h3,5-7H,1-2,4H2. The number of nitrogens with zero attached hydrogens (tertiary/aromatic N) is 2. The smallest absolute Gasteiger partial charge is 0.258 e. The Morgan fingerprint density at radius 2 is 1.59 bits per heavy atom. The van der Waals surface area contributed by atoms with Crippen LogP contribution in [0, 0.1) is 20.2 Å². The fourth-order valence-corrected chi connectivity index (χ4v) is 1.92. The number of rotatable bonds is 3. The highest BCUT2D eigenvalue weighted by Crippen LogP contribution is 2.32. The molecular weight excluding hydrogens is 224 g/mol. The van der Waals surface area contributed by atoms with Gasteiger partial charge in [-0.25, -0.2) is 0 Å². The van der Waals surface area contributed by atoms with Crippen LogP contribution in [0.25, 0.3) is 5.57 Å². The Labute approximate surface area is 96.9 Å². The number of allylic oxidation sites excluding steroid dienone is 2. The van der Waals surface area contributed by atoms with Gasteiger partial charge in [-0.05, 0) is 30.4 Å². The second-order valence-corrected chi connectivity index (χ2v) is 3.87. The van der Waals surface area contributed by atoms with Crippen LogP contribution in [0.4, 0.5) is 11.4 Å². The van der Waals surface area contributed by atoms with E-state index in [4.69, 9.17) is 0 Å². The average molecular weight is 234 g/mol. The molecule has 0 saturated carbocycles. The van der Waals surface area contributed by atoms with Gasteiger partial charge in [0.05, 0.1) is 15.9 Å². The highest BCUT2D eigenvalue weighted by molar-refractivity contribution is 5.71. The summed E-state index contributed by atoms with van der Waals surface area (Å²) in [7, 11) is 0. The van der Waals surface area contributed by atoms with Gasteiger partial charge in [0.2, 0.25) is 0 Å². The number of non-ortho nitro benzene ring substituents is 2. The zero-order valence-corrected chi connectivity index (χ0v) is 8.96. The summed E-state index contributed by atoms with van der Waals surface area (Å²) in [4.78, 5) is 20.2. The molecule has 0 amide bonds. The van der Waals surface area contributed by atoms with Crippen LogP contribution in [0.3, 0.4) is 0 Å². The SMILES string of the molecule is O=[N+]([O-])c1cc(C2=CCCC2)cc([N+](=O)[O-])c1. The molecule has 2 rings (SSSR count). The summed E-state index contributed by atoms with van der Waals surface area (Å²) in [5.41, 5.74) is 1.07. The molecule has 0 bridgehead atoms. The first-order valence-electron chi connectivity index (χ1n) is 5.21. The summed E-state index contributed by atoms with van der Waals surface area (Å²) in [6.45, 7) is 0. The van der Waals surface area contributed by atoms with E-state index in [1.165, 1.54) is 12.1 Å². The molecule has 1 aliphatic carbocycles. The van der Waals surface area contributed by atoms with Crippen molar-refractivity contribution in [3.63, 3.8) is 0 Å². The van der Waals surface area contributed by atoms with Crippen LogP contribution in [-0.4, -0.2) is 9.85 Å². The van der Waals surface area contributed by atoms with E-state index in [-0.39, 0.29) is 11.4 Å². The molecule has 1 aromatic rings. The van der Waals surface area contributed by atoms with Gasteiger partial charge in [-0.1, -0.05) is 6.08 Å². The molecule has 0 atom stereocenters. The maximum atomic E-state index is 10.7. The first-order chi connectivity index (χ1) is 8.08. The lowest BCUT2D eigenvalue weighted by molar-refractivity contribution is -0.394. The molecule has 0 heterocycles. The van der Waals surface area contributed by atoms with Gasteiger partial charge in [0.15, 0.2) is 0 Å². The van der Waals surface area contributed by atoms with Gasteiger partial charge >= 0.3 is 0 Å². The van der Waals surface area contributed by atoms with E-state index in [1.807, 2.05) is 6.08 Å². The third-order valence-electron chi connectivity index (χ3n) is 2.74. The molecule has 0 aliphatic heterocycles. The number of benzene rings is 1. The maximum Gasteiger partial charge on any atom is 0.276 e. The third kappa shape index (κ3) is 2.30. The van der Waals surface area contributed by atoms with E-state index in [9.17, 15) is 20.2 Å². The van der Waals surface area contributed by atoms with Crippen LogP contribution in [0.15, 0.2) is 24.3 Å². The second kappa shape index (κ2) is 4.32. The zero-order valence-electron chi connectivity index (χ0n) is 8.96. The van der Waals surface area contributed by atoms with E-state index < -0.39 is 9.85 Å². The van der Waals surface area contributed by atoms with Crippen LogP contribution < -0.4 is 0 Å². The Hall–Kier alpha value is -2.24. The normalized spacial score (nSPS) is 14.5. The van der Waals surface area contributed by atoms with E-state index in [1.54, 1.807) is 0 Å². The molecule has 0 unspecified atom stereocenters. The molecule has 0 saturated heterocycles. The van der Waals surface area contributed by atoms with Gasteiger partial charge in [-0.2, -0.15) is 0 Å².